The summed E-state index contributed by atoms with van der Waals surface area (Å²) < 4.78 is 43.3. The lowest BCUT2D eigenvalue weighted by molar-refractivity contribution is -0.308. The van der Waals surface area contributed by atoms with Crippen LogP contribution in [0.25, 0.3) is 0 Å². The van der Waals surface area contributed by atoms with E-state index in [1.165, 1.54) is 48.5 Å². The molecule has 0 aliphatic heterocycles. The molecule has 0 heterocycles. The van der Waals surface area contributed by atoms with E-state index in [1.807, 2.05) is 0 Å². The van der Waals surface area contributed by atoms with Gasteiger partial charge in [-0.15, -0.1) is 0 Å². The first-order chi connectivity index (χ1) is 17.2. The van der Waals surface area contributed by atoms with Crippen molar-refractivity contribution in [3.63, 3.8) is 0 Å². The monoisotopic (exact) mass is 499 g/mol. The molecule has 1 atom stereocenters. The molecule has 0 unspecified atom stereocenters. The van der Waals surface area contributed by atoms with Crippen molar-refractivity contribution in [3.8, 4) is 0 Å². The minimum Gasteiger partial charge on any atom is -0.548 e. The smallest absolute Gasteiger partial charge is 0.408 e. The molecule has 0 aromatic heterocycles. The number of anilines is 1. The fourth-order valence-corrected chi connectivity index (χ4v) is 3.24. The maximum absolute atomic E-state index is 13.0. The summed E-state index contributed by atoms with van der Waals surface area (Å²) in [5.74, 6) is -2.23. The average Bonchev–Trinajstić information content (AvgIpc) is 2.85. The second kappa shape index (κ2) is 12.4. The van der Waals surface area contributed by atoms with Gasteiger partial charge in [0.2, 0.25) is 5.91 Å². The molecule has 0 aliphatic carbocycles. The highest BCUT2D eigenvalue weighted by molar-refractivity contribution is 5.92. The maximum Gasteiger partial charge on any atom is 0.408 e. The topological polar surface area (TPSA) is 108 Å². The van der Waals surface area contributed by atoms with Gasteiger partial charge >= 0.3 is 6.09 Å². The summed E-state index contributed by atoms with van der Waals surface area (Å²) in [5.41, 5.74) is 1.96. The van der Waals surface area contributed by atoms with Crippen LogP contribution >= 0.6 is 0 Å². The number of nitrogens with one attached hydrogen (secondary N) is 2. The van der Waals surface area contributed by atoms with Gasteiger partial charge in [-0.1, -0.05) is 48.5 Å². The van der Waals surface area contributed by atoms with Crippen molar-refractivity contribution in [1.29, 1.82) is 0 Å². The van der Waals surface area contributed by atoms with E-state index in [0.717, 1.165) is 0 Å². The number of ether oxygens (including phenoxy) is 1. The molecule has 0 bridgehead atoms. The summed E-state index contributed by atoms with van der Waals surface area (Å²) in [6.07, 6.45) is -3.74. The van der Waals surface area contributed by atoms with Gasteiger partial charge in [0.05, 0.1) is 18.4 Å². The largest absolute Gasteiger partial charge is 0.548 e. The molecular weight excluding hydrogens is 477 g/mol. The van der Waals surface area contributed by atoms with E-state index >= 15 is 0 Å². The maximum atomic E-state index is 13.0. The molecule has 0 radical (unpaired) electrons. The van der Waals surface area contributed by atoms with Crippen LogP contribution in [0.1, 0.15) is 28.7 Å². The lowest BCUT2D eigenvalue weighted by Crippen LogP contribution is -2.49. The Bertz CT molecular complexity index is 1180. The zero-order chi connectivity index (χ0) is 26.1. The highest BCUT2D eigenvalue weighted by Crippen LogP contribution is 2.19. The predicted octanol–water partition coefficient (Wildman–Crippen LogP) is 3.53. The molecule has 0 saturated carbocycles. The summed E-state index contributed by atoms with van der Waals surface area (Å²) in [7, 11) is 0. The molecular formula is C26H22F3N2O5-. The Morgan fingerprint density at radius 3 is 2.00 bits per heavy atom. The summed E-state index contributed by atoms with van der Waals surface area (Å²) in [4.78, 5) is 35.6. The first-order valence-corrected chi connectivity index (χ1v) is 10.8. The van der Waals surface area contributed by atoms with Crippen molar-refractivity contribution in [2.75, 3.05) is 5.32 Å². The molecule has 0 fully saturated rings. The second-order valence-corrected chi connectivity index (χ2v) is 7.89. The Balaban J connectivity index is 1.46. The normalized spacial score (nSPS) is 11.6. The van der Waals surface area contributed by atoms with Crippen LogP contribution in [-0.2, 0) is 33.8 Å². The summed E-state index contributed by atoms with van der Waals surface area (Å²) >= 11 is 0. The lowest BCUT2D eigenvalue weighted by atomic mass is 10.0. The third-order valence-electron chi connectivity index (χ3n) is 5.13. The molecule has 0 aliphatic rings. The first-order valence-electron chi connectivity index (χ1n) is 10.8. The van der Waals surface area contributed by atoms with E-state index in [0.29, 0.717) is 22.4 Å². The molecule has 10 heteroatoms. The summed E-state index contributed by atoms with van der Waals surface area (Å²) in [6.45, 7) is -0.168. The highest BCUT2D eigenvalue weighted by Gasteiger charge is 2.16. The minimum absolute atomic E-state index is 0.0707. The number of carboxylic acid groups (broad SMARTS) is 1. The SMILES string of the molecule is O=C(Cc1ccc(F)cc1)Nc1ccc(COC(=O)N[C@@H](Cc2ccc(C(F)F)cc2)C(=O)[O-])cc1. The van der Waals surface area contributed by atoms with Gasteiger partial charge in [0.25, 0.3) is 6.43 Å². The van der Waals surface area contributed by atoms with Crippen LogP contribution in [0.5, 0.6) is 0 Å². The van der Waals surface area contributed by atoms with Crippen LogP contribution < -0.4 is 15.7 Å². The Hall–Kier alpha value is -4.34. The Kier molecular flexibility index (Phi) is 9.04. The first kappa shape index (κ1) is 26.3. The molecule has 2 amide bonds. The van der Waals surface area contributed by atoms with Gasteiger partial charge in [-0.05, 0) is 47.4 Å². The number of alkyl halides is 2. The van der Waals surface area contributed by atoms with Crippen molar-refractivity contribution in [2.45, 2.75) is 31.9 Å². The molecule has 7 nitrogen and oxygen atoms in total. The van der Waals surface area contributed by atoms with Crippen LogP contribution in [0.4, 0.5) is 23.7 Å². The number of benzene rings is 3. The number of rotatable bonds is 10. The van der Waals surface area contributed by atoms with Crippen LogP contribution in [0.3, 0.4) is 0 Å². The van der Waals surface area contributed by atoms with E-state index in [2.05, 4.69) is 10.6 Å². The van der Waals surface area contributed by atoms with E-state index in [-0.39, 0.29) is 36.7 Å². The van der Waals surface area contributed by atoms with Gasteiger partial charge in [-0.2, -0.15) is 0 Å². The Labute approximate surface area is 204 Å². The summed E-state index contributed by atoms with van der Waals surface area (Å²) in [5, 5.41) is 16.3. The fourth-order valence-electron chi connectivity index (χ4n) is 3.24. The van der Waals surface area contributed by atoms with Crippen molar-refractivity contribution in [2.24, 2.45) is 0 Å². The van der Waals surface area contributed by atoms with Crippen LogP contribution in [0.15, 0.2) is 72.8 Å². The lowest BCUT2D eigenvalue weighted by Gasteiger charge is -2.19. The van der Waals surface area contributed by atoms with E-state index < -0.39 is 24.5 Å². The van der Waals surface area contributed by atoms with Crippen molar-refractivity contribution < 1.29 is 37.4 Å². The number of halogens is 3. The van der Waals surface area contributed by atoms with Crippen LogP contribution in [0, 0.1) is 5.82 Å². The fraction of sp³-hybridized carbons (Fsp3) is 0.192. The zero-order valence-corrected chi connectivity index (χ0v) is 18.9. The predicted molar refractivity (Wildman–Crippen MR) is 122 cm³/mol. The number of aliphatic carboxylic acids is 1. The number of carbonyl (C=O) groups is 3. The minimum atomic E-state index is -2.64. The Morgan fingerprint density at radius 1 is 0.833 bits per heavy atom. The van der Waals surface area contributed by atoms with E-state index in [9.17, 15) is 32.7 Å². The van der Waals surface area contributed by atoms with Gasteiger partial charge in [0, 0.05) is 11.3 Å². The second-order valence-electron chi connectivity index (χ2n) is 7.89. The molecule has 0 spiro atoms. The van der Waals surface area contributed by atoms with Gasteiger partial charge in [-0.3, -0.25) is 4.79 Å². The van der Waals surface area contributed by atoms with Crippen molar-refractivity contribution in [3.05, 3.63) is 101 Å². The number of alkyl carbamates (subject to hydrolysis) is 1. The third-order valence-corrected chi connectivity index (χ3v) is 5.13. The van der Waals surface area contributed by atoms with Gasteiger partial charge < -0.3 is 25.3 Å². The Morgan fingerprint density at radius 2 is 1.42 bits per heavy atom. The quantitative estimate of drug-likeness (QED) is 0.444. The van der Waals surface area contributed by atoms with Gasteiger partial charge in [-0.25, -0.2) is 18.0 Å². The number of hydrogen-bond donors (Lipinski definition) is 2. The van der Waals surface area contributed by atoms with Crippen LogP contribution in [0.2, 0.25) is 0 Å². The molecule has 0 saturated heterocycles. The molecule has 2 N–H and O–H groups in total. The van der Waals surface area contributed by atoms with Crippen LogP contribution in [-0.4, -0.2) is 24.0 Å². The standard InChI is InChI=1S/C26H23F3N2O5/c27-20-9-3-17(4-10-20)14-23(32)30-21-11-5-18(6-12-21)15-36-26(35)31-22(25(33)34)13-16-1-7-19(8-2-16)24(28)29/h1-12,22,24H,13-15H2,(H,30,32)(H,31,35)(H,33,34)/p-1/t22-/m0/s1. The van der Waals surface area contributed by atoms with E-state index in [1.54, 1.807) is 24.3 Å². The molecule has 188 valence electrons. The number of carbonyl (C=O) groups excluding carboxylic acids is 3. The molecule has 3 aromatic rings. The van der Waals surface area contributed by atoms with Crippen molar-refractivity contribution >= 4 is 23.7 Å². The molecule has 3 aromatic carbocycles. The van der Waals surface area contributed by atoms with Gasteiger partial charge in [0.1, 0.15) is 12.4 Å². The van der Waals surface area contributed by atoms with Crippen molar-refractivity contribution in [1.82, 2.24) is 5.32 Å². The number of hydrogen-bond acceptors (Lipinski definition) is 5. The molecule has 3 rings (SSSR count). The average molecular weight is 499 g/mol. The third kappa shape index (κ3) is 8.15. The number of carboxylic acids is 1. The summed E-state index contributed by atoms with van der Waals surface area (Å²) in [6, 6.07) is 15.7. The highest BCUT2D eigenvalue weighted by atomic mass is 19.3. The zero-order valence-electron chi connectivity index (χ0n) is 18.9. The molecule has 36 heavy (non-hydrogen) atoms. The van der Waals surface area contributed by atoms with Gasteiger partial charge in [0.15, 0.2) is 0 Å². The van der Waals surface area contributed by atoms with E-state index in [4.69, 9.17) is 4.74 Å². The number of amides is 2.